The molecular formula is C12H22N4O3S. The average molecular weight is 302 g/mol. The molecule has 1 aliphatic heterocycles. The molecule has 1 aromatic heterocycles. The second-order valence-corrected chi connectivity index (χ2v) is 6.75. The van der Waals surface area contributed by atoms with E-state index in [4.69, 9.17) is 4.74 Å². The summed E-state index contributed by atoms with van der Waals surface area (Å²) in [5.74, 6) is 0. The normalized spacial score (nSPS) is 17.8. The number of aromatic nitrogens is 1. The third-order valence-corrected chi connectivity index (χ3v) is 4.34. The van der Waals surface area contributed by atoms with Crippen LogP contribution in [0.3, 0.4) is 0 Å². The fraction of sp³-hybridized carbons (Fsp3) is 0.667. The van der Waals surface area contributed by atoms with E-state index in [-0.39, 0.29) is 4.90 Å². The molecule has 1 saturated heterocycles. The first-order valence-corrected chi connectivity index (χ1v) is 8.21. The highest BCUT2D eigenvalue weighted by molar-refractivity contribution is 7.89. The van der Waals surface area contributed by atoms with Crippen molar-refractivity contribution in [2.24, 2.45) is 0 Å². The van der Waals surface area contributed by atoms with Crippen molar-refractivity contribution in [3.8, 4) is 0 Å². The van der Waals surface area contributed by atoms with Crippen LogP contribution in [0.25, 0.3) is 0 Å². The maximum Gasteiger partial charge on any atom is 0.254 e. The highest BCUT2D eigenvalue weighted by atomic mass is 32.2. The predicted molar refractivity (Wildman–Crippen MR) is 75.5 cm³/mol. The third kappa shape index (κ3) is 4.29. The molecule has 7 nitrogen and oxygen atoms in total. The molecule has 0 unspecified atom stereocenters. The molecular weight excluding hydrogens is 280 g/mol. The van der Waals surface area contributed by atoms with Crippen molar-refractivity contribution in [3.63, 3.8) is 0 Å². The SMILES string of the molecule is CC(C)NCc1cc(S(=O)(=O)NN2CCOCC2)c[nH]1. The first-order valence-electron chi connectivity index (χ1n) is 6.73. The van der Waals surface area contributed by atoms with Crippen molar-refractivity contribution in [3.05, 3.63) is 18.0 Å². The van der Waals surface area contributed by atoms with E-state index in [9.17, 15) is 8.42 Å². The van der Waals surface area contributed by atoms with Crippen molar-refractivity contribution in [2.45, 2.75) is 31.3 Å². The summed E-state index contributed by atoms with van der Waals surface area (Å²) < 4.78 is 29.6. The quantitative estimate of drug-likeness (QED) is 0.691. The smallest absolute Gasteiger partial charge is 0.254 e. The lowest BCUT2D eigenvalue weighted by Crippen LogP contribution is -2.48. The zero-order chi connectivity index (χ0) is 14.6. The Hall–Kier alpha value is -0.930. The summed E-state index contributed by atoms with van der Waals surface area (Å²) in [5.41, 5.74) is 0.848. The van der Waals surface area contributed by atoms with Crippen LogP contribution >= 0.6 is 0 Å². The minimum Gasteiger partial charge on any atom is -0.379 e. The monoisotopic (exact) mass is 302 g/mol. The number of aromatic amines is 1. The Balaban J connectivity index is 1.98. The third-order valence-electron chi connectivity index (χ3n) is 2.99. The molecule has 0 aromatic carbocycles. The summed E-state index contributed by atoms with van der Waals surface area (Å²) in [6.07, 6.45) is 1.51. The minimum absolute atomic E-state index is 0.254. The second kappa shape index (κ2) is 6.68. The topological polar surface area (TPSA) is 86.5 Å². The molecule has 0 aliphatic carbocycles. The number of morpholine rings is 1. The number of hydrazine groups is 1. The Morgan fingerprint density at radius 2 is 2.10 bits per heavy atom. The number of sulfonamides is 1. The van der Waals surface area contributed by atoms with Gasteiger partial charge < -0.3 is 15.0 Å². The van der Waals surface area contributed by atoms with E-state index >= 15 is 0 Å². The van der Waals surface area contributed by atoms with Gasteiger partial charge in [0.1, 0.15) is 4.90 Å². The maximum atomic E-state index is 12.2. The largest absolute Gasteiger partial charge is 0.379 e. The van der Waals surface area contributed by atoms with Crippen LogP contribution in [-0.2, 0) is 21.3 Å². The van der Waals surface area contributed by atoms with Gasteiger partial charge >= 0.3 is 0 Å². The van der Waals surface area contributed by atoms with E-state index in [1.165, 1.54) is 6.20 Å². The van der Waals surface area contributed by atoms with E-state index in [1.54, 1.807) is 11.1 Å². The standard InChI is InChI=1S/C12H22N4O3S/c1-10(2)13-8-11-7-12(9-14-11)20(17,18)15-16-3-5-19-6-4-16/h7,9-10,13-15H,3-6,8H2,1-2H3. The van der Waals surface area contributed by atoms with Crippen LogP contribution in [0.2, 0.25) is 0 Å². The van der Waals surface area contributed by atoms with E-state index in [1.807, 2.05) is 13.8 Å². The molecule has 0 amide bonds. The number of nitrogens with one attached hydrogen (secondary N) is 3. The summed E-state index contributed by atoms with van der Waals surface area (Å²) in [5, 5.41) is 4.90. The number of hydrogen-bond acceptors (Lipinski definition) is 5. The molecule has 0 atom stereocenters. The summed E-state index contributed by atoms with van der Waals surface area (Å²) in [7, 11) is -3.52. The molecule has 3 N–H and O–H groups in total. The van der Waals surface area contributed by atoms with Gasteiger partial charge in [0.2, 0.25) is 0 Å². The summed E-state index contributed by atoms with van der Waals surface area (Å²) in [6.45, 7) is 6.90. The second-order valence-electron chi connectivity index (χ2n) is 5.09. The Morgan fingerprint density at radius 1 is 1.40 bits per heavy atom. The molecule has 0 radical (unpaired) electrons. The Bertz CT molecular complexity index is 521. The highest BCUT2D eigenvalue weighted by Crippen LogP contribution is 2.11. The first kappa shape index (κ1) is 15.5. The van der Waals surface area contributed by atoms with Crippen LogP contribution in [0.1, 0.15) is 19.5 Å². The van der Waals surface area contributed by atoms with Gasteiger partial charge in [-0.2, -0.15) is 0 Å². The lowest BCUT2D eigenvalue weighted by Gasteiger charge is -2.26. The highest BCUT2D eigenvalue weighted by Gasteiger charge is 2.21. The van der Waals surface area contributed by atoms with E-state index in [0.717, 1.165) is 5.69 Å². The van der Waals surface area contributed by atoms with Gasteiger partial charge in [-0.15, -0.1) is 4.83 Å². The first-order chi connectivity index (χ1) is 9.47. The van der Waals surface area contributed by atoms with Gasteiger partial charge in [0.25, 0.3) is 10.0 Å². The van der Waals surface area contributed by atoms with Gasteiger partial charge in [0.05, 0.1) is 13.2 Å². The summed E-state index contributed by atoms with van der Waals surface area (Å²) >= 11 is 0. The summed E-state index contributed by atoms with van der Waals surface area (Å²) in [4.78, 5) is 5.81. The van der Waals surface area contributed by atoms with E-state index < -0.39 is 10.0 Å². The van der Waals surface area contributed by atoms with E-state index in [0.29, 0.717) is 38.9 Å². The van der Waals surface area contributed by atoms with Crippen molar-refractivity contribution >= 4 is 10.0 Å². The van der Waals surface area contributed by atoms with Crippen molar-refractivity contribution in [2.75, 3.05) is 26.3 Å². The lowest BCUT2D eigenvalue weighted by atomic mass is 10.3. The Kier molecular flexibility index (Phi) is 5.17. The molecule has 0 bridgehead atoms. The van der Waals surface area contributed by atoms with Gasteiger partial charge in [-0.1, -0.05) is 13.8 Å². The molecule has 8 heteroatoms. The molecule has 0 spiro atoms. The van der Waals surface area contributed by atoms with Crippen molar-refractivity contribution in [1.29, 1.82) is 0 Å². The molecule has 1 fully saturated rings. The Labute approximate surface area is 119 Å². The molecule has 20 heavy (non-hydrogen) atoms. The van der Waals surface area contributed by atoms with Crippen LogP contribution in [0, 0.1) is 0 Å². The number of ether oxygens (including phenoxy) is 1. The fourth-order valence-electron chi connectivity index (χ4n) is 1.87. The summed E-state index contributed by atoms with van der Waals surface area (Å²) in [6, 6.07) is 2.00. The Morgan fingerprint density at radius 3 is 2.75 bits per heavy atom. The maximum absolute atomic E-state index is 12.2. The van der Waals surface area contributed by atoms with Crippen LogP contribution < -0.4 is 10.1 Å². The van der Waals surface area contributed by atoms with Gasteiger partial charge in [-0.05, 0) is 6.07 Å². The number of nitrogens with zero attached hydrogens (tertiary/aromatic N) is 1. The zero-order valence-electron chi connectivity index (χ0n) is 11.8. The van der Waals surface area contributed by atoms with Crippen LogP contribution in [0.15, 0.2) is 17.2 Å². The molecule has 114 valence electrons. The van der Waals surface area contributed by atoms with Gasteiger partial charge in [0.15, 0.2) is 0 Å². The zero-order valence-corrected chi connectivity index (χ0v) is 12.7. The van der Waals surface area contributed by atoms with Gasteiger partial charge in [-0.3, -0.25) is 0 Å². The predicted octanol–water partition coefficient (Wildman–Crippen LogP) is 0.0382. The van der Waals surface area contributed by atoms with E-state index in [2.05, 4.69) is 15.1 Å². The minimum atomic E-state index is -3.52. The molecule has 0 saturated carbocycles. The van der Waals surface area contributed by atoms with Crippen molar-refractivity contribution in [1.82, 2.24) is 20.1 Å². The average Bonchev–Trinajstić information content (AvgIpc) is 2.86. The fourth-order valence-corrected chi connectivity index (χ4v) is 3.01. The van der Waals surface area contributed by atoms with Crippen LogP contribution in [-0.4, -0.2) is 50.8 Å². The number of hydrogen-bond donors (Lipinski definition) is 3. The number of H-pyrrole nitrogens is 1. The molecule has 2 heterocycles. The molecule has 1 aliphatic rings. The molecule has 1 aromatic rings. The number of rotatable bonds is 6. The van der Waals surface area contributed by atoms with Gasteiger partial charge in [-0.25, -0.2) is 13.4 Å². The van der Waals surface area contributed by atoms with Crippen LogP contribution in [0.5, 0.6) is 0 Å². The molecule has 2 rings (SSSR count). The van der Waals surface area contributed by atoms with Crippen LogP contribution in [0.4, 0.5) is 0 Å². The van der Waals surface area contributed by atoms with Crippen molar-refractivity contribution < 1.29 is 13.2 Å². The van der Waals surface area contributed by atoms with Gasteiger partial charge in [0, 0.05) is 37.6 Å². The lowest BCUT2D eigenvalue weighted by molar-refractivity contribution is 0.0272.